The summed E-state index contributed by atoms with van der Waals surface area (Å²) in [4.78, 5) is 14.0. The van der Waals surface area contributed by atoms with Crippen LogP contribution in [0.15, 0.2) is 85.5 Å². The quantitative estimate of drug-likeness (QED) is 0.243. The zero-order valence-electron chi connectivity index (χ0n) is 18.8. The molecule has 0 saturated heterocycles. The summed E-state index contributed by atoms with van der Waals surface area (Å²) in [7, 11) is 0. The lowest BCUT2D eigenvalue weighted by molar-refractivity contribution is 1.23. The third kappa shape index (κ3) is 2.15. The van der Waals surface area contributed by atoms with Crippen LogP contribution < -0.4 is 0 Å². The Morgan fingerprint density at radius 1 is 0.600 bits per heavy atom. The summed E-state index contributed by atoms with van der Waals surface area (Å²) in [6.45, 7) is 0. The average molecular weight is 447 g/mol. The molecule has 4 aromatic heterocycles. The minimum atomic E-state index is 0.953. The van der Waals surface area contributed by atoms with Gasteiger partial charge in [0, 0.05) is 35.6 Å². The molecule has 0 saturated carbocycles. The number of aromatic nitrogens is 4. The van der Waals surface area contributed by atoms with Crippen molar-refractivity contribution in [2.24, 2.45) is 0 Å². The lowest BCUT2D eigenvalue weighted by Crippen LogP contribution is -1.93. The molecule has 9 rings (SSSR count). The summed E-state index contributed by atoms with van der Waals surface area (Å²) in [5.41, 5.74) is 15.4. The molecule has 0 radical (unpaired) electrons. The first-order valence-corrected chi connectivity index (χ1v) is 12.0. The molecular weight excluding hydrogens is 428 g/mol. The van der Waals surface area contributed by atoms with Crippen molar-refractivity contribution in [2.75, 3.05) is 0 Å². The normalized spacial score (nSPS) is 13.5. The summed E-state index contributed by atoms with van der Waals surface area (Å²) in [6, 6.07) is 22.4. The van der Waals surface area contributed by atoms with Gasteiger partial charge in [0.15, 0.2) is 0 Å². The standard InChI is InChI=1S/C31H18N4/c1-2-4-21-17(3-1)11-18-5-6-19-12-20-13-28-26(14-23(20)30(19)29(18)21)34-31-25-16-32-9-7-22(25)24-15-33-10-8-27(24)35(28)31/h1-10,13-16H,11-12H2. The lowest BCUT2D eigenvalue weighted by atomic mass is 9.94. The van der Waals surface area contributed by atoms with Crippen LogP contribution in [-0.4, -0.2) is 19.4 Å². The van der Waals surface area contributed by atoms with Crippen molar-refractivity contribution in [3.8, 4) is 22.3 Å². The Kier molecular flexibility index (Phi) is 3.11. The number of hydrogen-bond donors (Lipinski definition) is 0. The van der Waals surface area contributed by atoms with Gasteiger partial charge in [-0.05, 0) is 87.0 Å². The van der Waals surface area contributed by atoms with Crippen LogP contribution >= 0.6 is 0 Å². The van der Waals surface area contributed by atoms with Crippen LogP contribution in [0.25, 0.3) is 60.6 Å². The maximum Gasteiger partial charge on any atom is 0.147 e. The van der Waals surface area contributed by atoms with E-state index in [-0.39, 0.29) is 0 Å². The predicted molar refractivity (Wildman–Crippen MR) is 140 cm³/mol. The molecular formula is C31H18N4. The fourth-order valence-corrected chi connectivity index (χ4v) is 6.50. The number of rotatable bonds is 0. The van der Waals surface area contributed by atoms with Gasteiger partial charge in [-0.2, -0.15) is 0 Å². The maximum atomic E-state index is 5.18. The first kappa shape index (κ1) is 17.8. The van der Waals surface area contributed by atoms with E-state index >= 15 is 0 Å². The smallest absolute Gasteiger partial charge is 0.147 e. The molecule has 0 bridgehead atoms. The van der Waals surface area contributed by atoms with Gasteiger partial charge in [-0.1, -0.05) is 36.4 Å². The van der Waals surface area contributed by atoms with E-state index in [1.807, 2.05) is 24.8 Å². The second-order valence-corrected chi connectivity index (χ2v) is 9.73. The van der Waals surface area contributed by atoms with E-state index in [9.17, 15) is 0 Å². The van der Waals surface area contributed by atoms with Crippen LogP contribution in [0, 0.1) is 0 Å². The van der Waals surface area contributed by atoms with E-state index in [0.29, 0.717) is 0 Å². The average Bonchev–Trinajstić information content (AvgIpc) is 3.58. The molecule has 0 fully saturated rings. The van der Waals surface area contributed by atoms with E-state index < -0.39 is 0 Å². The fraction of sp³-hybridized carbons (Fsp3) is 0.0645. The zero-order chi connectivity index (χ0) is 22.7. The monoisotopic (exact) mass is 446 g/mol. The van der Waals surface area contributed by atoms with Gasteiger partial charge >= 0.3 is 0 Å². The van der Waals surface area contributed by atoms with E-state index in [4.69, 9.17) is 4.98 Å². The van der Waals surface area contributed by atoms with E-state index in [1.54, 1.807) is 0 Å². The zero-order valence-corrected chi connectivity index (χ0v) is 18.8. The number of nitrogens with zero attached hydrogens (tertiary/aromatic N) is 4. The number of fused-ring (bicyclic) bond motifs is 15. The summed E-state index contributed by atoms with van der Waals surface area (Å²) < 4.78 is 2.29. The molecule has 2 aliphatic carbocycles. The molecule has 3 aromatic carbocycles. The van der Waals surface area contributed by atoms with Crippen molar-refractivity contribution in [1.29, 1.82) is 0 Å². The van der Waals surface area contributed by atoms with E-state index in [2.05, 4.69) is 75.0 Å². The number of hydrogen-bond acceptors (Lipinski definition) is 3. The largest absolute Gasteiger partial charge is 0.292 e. The van der Waals surface area contributed by atoms with Crippen LogP contribution in [0.5, 0.6) is 0 Å². The van der Waals surface area contributed by atoms with Gasteiger partial charge in [-0.15, -0.1) is 0 Å². The predicted octanol–water partition coefficient (Wildman–Crippen LogP) is 6.73. The molecule has 0 amide bonds. The van der Waals surface area contributed by atoms with Crippen LogP contribution in [-0.2, 0) is 12.8 Å². The first-order valence-electron chi connectivity index (χ1n) is 12.0. The lowest BCUT2D eigenvalue weighted by Gasteiger charge is -2.10. The van der Waals surface area contributed by atoms with Crippen LogP contribution in [0.3, 0.4) is 0 Å². The molecule has 4 heteroatoms. The van der Waals surface area contributed by atoms with Crippen LogP contribution in [0.4, 0.5) is 0 Å². The molecule has 7 aromatic rings. The van der Waals surface area contributed by atoms with Crippen molar-refractivity contribution < 1.29 is 0 Å². The third-order valence-corrected chi connectivity index (χ3v) is 7.97. The minimum absolute atomic E-state index is 0.953. The second kappa shape index (κ2) is 6.10. The molecule has 0 N–H and O–H groups in total. The SMILES string of the molecule is c1ccc2c(c1)Cc1ccc3c(c1-2)-c1cc2nc4c5cnccc5c5cnccc5n4c2cc1C3. The molecule has 162 valence electrons. The number of pyridine rings is 3. The molecule has 2 aliphatic rings. The summed E-state index contributed by atoms with van der Waals surface area (Å²) in [5.74, 6) is 0. The highest BCUT2D eigenvalue weighted by atomic mass is 15.0. The molecule has 0 spiro atoms. The highest BCUT2D eigenvalue weighted by Gasteiger charge is 2.29. The van der Waals surface area contributed by atoms with Gasteiger partial charge in [0.1, 0.15) is 5.65 Å². The van der Waals surface area contributed by atoms with Gasteiger partial charge in [0.05, 0.1) is 16.6 Å². The van der Waals surface area contributed by atoms with Gasteiger partial charge < -0.3 is 0 Å². The Balaban J connectivity index is 1.41. The summed E-state index contributed by atoms with van der Waals surface area (Å²) in [5, 5.41) is 3.31. The highest BCUT2D eigenvalue weighted by molar-refractivity contribution is 6.13. The first-order chi connectivity index (χ1) is 17.3. The van der Waals surface area contributed by atoms with Crippen LogP contribution in [0.1, 0.15) is 22.3 Å². The van der Waals surface area contributed by atoms with Crippen LogP contribution in [0.2, 0.25) is 0 Å². The van der Waals surface area contributed by atoms with Crippen molar-refractivity contribution in [1.82, 2.24) is 19.4 Å². The third-order valence-electron chi connectivity index (χ3n) is 7.97. The minimum Gasteiger partial charge on any atom is -0.292 e. The number of benzene rings is 3. The topological polar surface area (TPSA) is 43.1 Å². The van der Waals surface area contributed by atoms with Crippen molar-refractivity contribution in [2.45, 2.75) is 12.8 Å². The molecule has 0 aliphatic heterocycles. The molecule has 4 heterocycles. The van der Waals surface area contributed by atoms with E-state index in [1.165, 1.54) is 44.5 Å². The Bertz CT molecular complexity index is 2070. The Morgan fingerprint density at radius 3 is 2.29 bits per heavy atom. The van der Waals surface area contributed by atoms with Gasteiger partial charge in [0.25, 0.3) is 0 Å². The van der Waals surface area contributed by atoms with Gasteiger partial charge in [-0.3, -0.25) is 14.4 Å². The molecule has 0 unspecified atom stereocenters. The second-order valence-electron chi connectivity index (χ2n) is 9.73. The van der Waals surface area contributed by atoms with Gasteiger partial charge in [-0.25, -0.2) is 4.98 Å². The Morgan fingerprint density at radius 2 is 1.37 bits per heavy atom. The van der Waals surface area contributed by atoms with Crippen molar-refractivity contribution in [3.63, 3.8) is 0 Å². The Labute approximate surface area is 200 Å². The maximum absolute atomic E-state index is 5.18. The van der Waals surface area contributed by atoms with Gasteiger partial charge in [0.2, 0.25) is 0 Å². The fourth-order valence-electron chi connectivity index (χ4n) is 6.50. The summed E-state index contributed by atoms with van der Waals surface area (Å²) in [6.07, 6.45) is 9.56. The highest BCUT2D eigenvalue weighted by Crippen LogP contribution is 2.50. The van der Waals surface area contributed by atoms with Crippen molar-refractivity contribution in [3.05, 3.63) is 108 Å². The molecule has 4 nitrogen and oxygen atoms in total. The molecule has 0 atom stereocenters. The number of imidazole rings is 1. The Hall–Kier alpha value is -4.57. The van der Waals surface area contributed by atoms with E-state index in [0.717, 1.165) is 51.2 Å². The summed E-state index contributed by atoms with van der Waals surface area (Å²) >= 11 is 0. The molecule has 35 heavy (non-hydrogen) atoms. The van der Waals surface area contributed by atoms with Crippen molar-refractivity contribution >= 4 is 38.4 Å².